The van der Waals surface area contributed by atoms with Crippen molar-refractivity contribution < 1.29 is 14.8 Å². The van der Waals surface area contributed by atoms with Crippen molar-refractivity contribution in [3.63, 3.8) is 0 Å². The molecule has 1 aliphatic heterocycles. The average Bonchev–Trinajstić information content (AvgIpc) is 2.63. The molecule has 0 saturated heterocycles. The second-order valence-corrected chi connectivity index (χ2v) is 7.54. The molecule has 0 fully saturated rings. The summed E-state index contributed by atoms with van der Waals surface area (Å²) >= 11 is 0. The molecule has 6 nitrogen and oxygen atoms in total. The Labute approximate surface area is 160 Å². The standard InChI is InChI=1S/C21H26N4O2/c1-14-5-7-15(8-6-14)24-20-17(12-22)16-11-21(2,3)27-13-18(16)19(25-20)23-9-4-10-26/h5-8,26H,4,9-11,13H2,1-3H3,(H2,23,24,25)/p+1. The van der Waals surface area contributed by atoms with Crippen molar-refractivity contribution in [2.45, 2.75) is 45.8 Å². The lowest BCUT2D eigenvalue weighted by Crippen LogP contribution is -2.35. The molecule has 1 aromatic carbocycles. The first-order valence-corrected chi connectivity index (χ1v) is 9.27. The van der Waals surface area contributed by atoms with Crippen LogP contribution in [0.15, 0.2) is 24.3 Å². The largest absolute Gasteiger partial charge is 0.396 e. The highest BCUT2D eigenvalue weighted by Gasteiger charge is 2.33. The molecule has 0 unspecified atom stereocenters. The first-order chi connectivity index (χ1) is 12.9. The number of aliphatic hydroxyl groups excluding tert-OH is 1. The zero-order valence-electron chi connectivity index (χ0n) is 16.1. The third-order valence-corrected chi connectivity index (χ3v) is 4.75. The van der Waals surface area contributed by atoms with E-state index in [1.807, 2.05) is 45.0 Å². The number of aliphatic hydroxyl groups is 1. The van der Waals surface area contributed by atoms with Gasteiger partial charge in [-0.1, -0.05) is 17.7 Å². The SMILES string of the molecule is Cc1ccc(Nc2[nH+]c(NCCCO)c3c(c2C#N)CC(C)(C)OC3)cc1. The highest BCUT2D eigenvalue weighted by molar-refractivity contribution is 5.66. The van der Waals surface area contributed by atoms with E-state index in [9.17, 15) is 5.26 Å². The van der Waals surface area contributed by atoms with Gasteiger partial charge in [0.1, 0.15) is 11.6 Å². The molecule has 4 N–H and O–H groups in total. The zero-order valence-corrected chi connectivity index (χ0v) is 16.1. The van der Waals surface area contributed by atoms with Crippen molar-refractivity contribution in [2.24, 2.45) is 0 Å². The lowest BCUT2D eigenvalue weighted by Gasteiger charge is -2.32. The number of H-pyrrole nitrogens is 1. The molecule has 1 aliphatic rings. The number of nitrogens with one attached hydrogen (secondary N) is 3. The van der Waals surface area contributed by atoms with Crippen LogP contribution >= 0.6 is 0 Å². The number of nitriles is 1. The van der Waals surface area contributed by atoms with Crippen LogP contribution < -0.4 is 15.6 Å². The molecule has 2 heterocycles. The lowest BCUT2D eigenvalue weighted by atomic mass is 9.89. The highest BCUT2D eigenvalue weighted by atomic mass is 16.5. The minimum absolute atomic E-state index is 0.128. The van der Waals surface area contributed by atoms with E-state index in [1.165, 1.54) is 5.56 Å². The van der Waals surface area contributed by atoms with Gasteiger partial charge in [-0.3, -0.25) is 5.32 Å². The molecule has 27 heavy (non-hydrogen) atoms. The van der Waals surface area contributed by atoms with E-state index in [-0.39, 0.29) is 12.2 Å². The lowest BCUT2D eigenvalue weighted by molar-refractivity contribution is -0.345. The van der Waals surface area contributed by atoms with Gasteiger partial charge in [0.05, 0.1) is 30.0 Å². The fourth-order valence-electron chi connectivity index (χ4n) is 3.26. The van der Waals surface area contributed by atoms with E-state index in [4.69, 9.17) is 9.84 Å². The maximum atomic E-state index is 9.87. The molecule has 142 valence electrons. The van der Waals surface area contributed by atoms with Gasteiger partial charge in [-0.2, -0.15) is 5.26 Å². The van der Waals surface area contributed by atoms with Crippen LogP contribution in [0, 0.1) is 18.3 Å². The highest BCUT2D eigenvalue weighted by Crippen LogP contribution is 2.35. The second-order valence-electron chi connectivity index (χ2n) is 7.54. The summed E-state index contributed by atoms with van der Waals surface area (Å²) in [4.78, 5) is 3.34. The van der Waals surface area contributed by atoms with Gasteiger partial charge in [-0.05, 0) is 38.5 Å². The zero-order chi connectivity index (χ0) is 19.4. The normalized spacial score (nSPS) is 14.9. The van der Waals surface area contributed by atoms with Gasteiger partial charge in [0.15, 0.2) is 0 Å². The van der Waals surface area contributed by atoms with Crippen molar-refractivity contribution in [3.8, 4) is 6.07 Å². The van der Waals surface area contributed by atoms with E-state index < -0.39 is 0 Å². The smallest absolute Gasteiger partial charge is 0.242 e. The Hall–Kier alpha value is -2.62. The Morgan fingerprint density at radius 2 is 1.96 bits per heavy atom. The van der Waals surface area contributed by atoms with Crippen LogP contribution in [0.3, 0.4) is 0 Å². The Morgan fingerprint density at radius 1 is 1.22 bits per heavy atom. The van der Waals surface area contributed by atoms with Crippen LogP contribution in [0.4, 0.5) is 17.3 Å². The van der Waals surface area contributed by atoms with E-state index in [0.29, 0.717) is 37.4 Å². The summed E-state index contributed by atoms with van der Waals surface area (Å²) in [5, 5.41) is 25.6. The van der Waals surface area contributed by atoms with Gasteiger partial charge in [0.25, 0.3) is 0 Å². The predicted molar refractivity (Wildman–Crippen MR) is 105 cm³/mol. The Morgan fingerprint density at radius 3 is 2.63 bits per heavy atom. The molecule has 0 radical (unpaired) electrons. The molecule has 0 atom stereocenters. The van der Waals surface area contributed by atoms with Crippen LogP contribution in [-0.2, 0) is 17.8 Å². The van der Waals surface area contributed by atoms with Crippen molar-refractivity contribution in [3.05, 3.63) is 46.5 Å². The van der Waals surface area contributed by atoms with Gasteiger partial charge in [-0.15, -0.1) is 0 Å². The maximum Gasteiger partial charge on any atom is 0.242 e. The number of aromatic nitrogens is 1. The molecular formula is C21H27N4O2+. The number of anilines is 3. The first-order valence-electron chi connectivity index (χ1n) is 9.27. The van der Waals surface area contributed by atoms with Crippen LogP contribution in [0.1, 0.15) is 42.5 Å². The first kappa shape index (κ1) is 19.2. The molecule has 2 aromatic rings. The number of hydrogen-bond donors (Lipinski definition) is 3. The topological polar surface area (TPSA) is 91.5 Å². The number of fused-ring (bicyclic) bond motifs is 1. The van der Waals surface area contributed by atoms with Gasteiger partial charge < -0.3 is 15.2 Å². The Kier molecular flexibility index (Phi) is 5.64. The van der Waals surface area contributed by atoms with Crippen molar-refractivity contribution in [2.75, 3.05) is 23.8 Å². The number of ether oxygens (including phenoxy) is 1. The molecule has 0 spiro atoms. The summed E-state index contributed by atoms with van der Waals surface area (Å²) in [6.07, 6.45) is 1.31. The molecule has 0 bridgehead atoms. The molecule has 0 amide bonds. The van der Waals surface area contributed by atoms with E-state index in [1.54, 1.807) is 0 Å². The monoisotopic (exact) mass is 367 g/mol. The van der Waals surface area contributed by atoms with Crippen LogP contribution in [0.2, 0.25) is 0 Å². The Balaban J connectivity index is 2.04. The van der Waals surface area contributed by atoms with Gasteiger partial charge in [-0.25, -0.2) is 4.98 Å². The molecular weight excluding hydrogens is 340 g/mol. The van der Waals surface area contributed by atoms with E-state index in [0.717, 1.165) is 22.6 Å². The van der Waals surface area contributed by atoms with Crippen molar-refractivity contribution >= 4 is 17.3 Å². The van der Waals surface area contributed by atoms with E-state index >= 15 is 0 Å². The van der Waals surface area contributed by atoms with Crippen LogP contribution in [-0.4, -0.2) is 23.9 Å². The average molecular weight is 367 g/mol. The minimum atomic E-state index is -0.316. The number of hydrogen-bond acceptors (Lipinski definition) is 5. The summed E-state index contributed by atoms with van der Waals surface area (Å²) in [7, 11) is 0. The maximum absolute atomic E-state index is 9.87. The number of aryl methyl sites for hydroxylation is 1. The van der Waals surface area contributed by atoms with Gasteiger partial charge in [0, 0.05) is 19.4 Å². The summed E-state index contributed by atoms with van der Waals surface area (Å²) in [6, 6.07) is 10.4. The molecule has 0 saturated carbocycles. The quantitative estimate of drug-likeness (QED) is 0.683. The van der Waals surface area contributed by atoms with Gasteiger partial charge >= 0.3 is 0 Å². The number of pyridine rings is 1. The van der Waals surface area contributed by atoms with Crippen LogP contribution in [0.25, 0.3) is 0 Å². The molecule has 6 heteroatoms. The van der Waals surface area contributed by atoms with Crippen LogP contribution in [0.5, 0.6) is 0 Å². The fraction of sp³-hybridized carbons (Fsp3) is 0.429. The van der Waals surface area contributed by atoms with E-state index in [2.05, 4.69) is 21.7 Å². The number of nitrogens with zero attached hydrogens (tertiary/aromatic N) is 1. The predicted octanol–water partition coefficient (Wildman–Crippen LogP) is 3.07. The summed E-state index contributed by atoms with van der Waals surface area (Å²) in [5.41, 5.74) is 4.40. The summed E-state index contributed by atoms with van der Waals surface area (Å²) < 4.78 is 5.97. The van der Waals surface area contributed by atoms with Crippen molar-refractivity contribution in [1.29, 1.82) is 5.26 Å². The third kappa shape index (κ3) is 4.38. The number of benzene rings is 1. The Bertz CT molecular complexity index is 854. The fourth-order valence-corrected chi connectivity index (χ4v) is 3.26. The molecule has 3 rings (SSSR count). The number of aromatic amines is 1. The number of rotatable bonds is 6. The summed E-state index contributed by atoms with van der Waals surface area (Å²) in [6.45, 7) is 7.34. The second kappa shape index (κ2) is 7.95. The minimum Gasteiger partial charge on any atom is -0.396 e. The molecule has 1 aromatic heterocycles. The molecule has 0 aliphatic carbocycles. The third-order valence-electron chi connectivity index (χ3n) is 4.75. The van der Waals surface area contributed by atoms with Crippen molar-refractivity contribution in [1.82, 2.24) is 0 Å². The van der Waals surface area contributed by atoms with Gasteiger partial charge in [0.2, 0.25) is 11.6 Å². The summed E-state index contributed by atoms with van der Waals surface area (Å²) in [5.74, 6) is 1.51.